The van der Waals surface area contributed by atoms with Gasteiger partial charge in [-0.15, -0.1) is 0 Å². The van der Waals surface area contributed by atoms with Crippen molar-refractivity contribution in [2.75, 3.05) is 26.2 Å². The maximum atomic E-state index is 6.28. The van der Waals surface area contributed by atoms with Gasteiger partial charge in [-0.3, -0.25) is 9.88 Å². The average Bonchev–Trinajstić information content (AvgIpc) is 2.55. The highest BCUT2D eigenvalue weighted by Crippen LogP contribution is 2.38. The van der Waals surface area contributed by atoms with Crippen LogP contribution in [0.4, 0.5) is 0 Å². The third-order valence-corrected chi connectivity index (χ3v) is 4.54. The van der Waals surface area contributed by atoms with Crippen molar-refractivity contribution in [2.24, 2.45) is 0 Å². The summed E-state index contributed by atoms with van der Waals surface area (Å²) in [4.78, 5) is 7.07. The lowest BCUT2D eigenvalue weighted by Crippen LogP contribution is -2.43. The largest absolute Gasteiger partial charge is 0.486 e. The van der Waals surface area contributed by atoms with E-state index in [0.29, 0.717) is 6.61 Å². The number of hydrogen-bond acceptors (Lipinski definition) is 4. The van der Waals surface area contributed by atoms with E-state index in [9.17, 15) is 0 Å². The van der Waals surface area contributed by atoms with Crippen LogP contribution < -0.4 is 9.47 Å². The Labute approximate surface area is 131 Å². The Morgan fingerprint density at radius 3 is 2.86 bits per heavy atom. The van der Waals surface area contributed by atoms with E-state index in [1.165, 1.54) is 32.4 Å². The van der Waals surface area contributed by atoms with Crippen molar-refractivity contribution in [1.82, 2.24) is 9.88 Å². The SMILES string of the molecule is Cc1ccc2c3c(ccc2n1)OCC(CN1CCCCC1)O3. The minimum atomic E-state index is 0.109. The zero-order chi connectivity index (χ0) is 14.9. The molecular formula is C18H22N2O2. The van der Waals surface area contributed by atoms with E-state index in [-0.39, 0.29) is 6.10 Å². The number of pyridine rings is 1. The van der Waals surface area contributed by atoms with E-state index < -0.39 is 0 Å². The quantitative estimate of drug-likeness (QED) is 0.853. The summed E-state index contributed by atoms with van der Waals surface area (Å²) in [5.41, 5.74) is 2.00. The highest BCUT2D eigenvalue weighted by atomic mass is 16.6. The second-order valence-electron chi connectivity index (χ2n) is 6.32. The van der Waals surface area contributed by atoms with Crippen LogP contribution in [0.3, 0.4) is 0 Å². The van der Waals surface area contributed by atoms with Crippen LogP contribution in [-0.4, -0.2) is 42.2 Å². The standard InChI is InChI=1S/C18H22N2O2/c1-13-5-6-15-16(19-13)7-8-17-18(15)22-14(12-21-17)11-20-9-3-2-4-10-20/h5-8,14H,2-4,9-12H2,1H3. The summed E-state index contributed by atoms with van der Waals surface area (Å²) in [5, 5.41) is 1.05. The molecule has 1 saturated heterocycles. The minimum absolute atomic E-state index is 0.109. The van der Waals surface area contributed by atoms with Gasteiger partial charge in [-0.2, -0.15) is 0 Å². The number of fused-ring (bicyclic) bond motifs is 3. The topological polar surface area (TPSA) is 34.6 Å². The number of ether oxygens (including phenoxy) is 2. The summed E-state index contributed by atoms with van der Waals surface area (Å²) < 4.78 is 12.2. The summed E-state index contributed by atoms with van der Waals surface area (Å²) in [6.45, 7) is 5.96. The molecule has 2 aromatic rings. The molecule has 4 nitrogen and oxygen atoms in total. The lowest BCUT2D eigenvalue weighted by molar-refractivity contribution is 0.0548. The van der Waals surface area contributed by atoms with Crippen molar-refractivity contribution in [3.8, 4) is 11.5 Å². The summed E-state index contributed by atoms with van der Waals surface area (Å²) in [5.74, 6) is 1.70. The molecule has 1 unspecified atom stereocenters. The fraction of sp³-hybridized carbons (Fsp3) is 0.500. The third kappa shape index (κ3) is 2.63. The van der Waals surface area contributed by atoms with Crippen LogP contribution in [-0.2, 0) is 0 Å². The lowest BCUT2D eigenvalue weighted by atomic mass is 10.1. The van der Waals surface area contributed by atoms with Gasteiger partial charge in [0.25, 0.3) is 0 Å². The molecule has 0 amide bonds. The third-order valence-electron chi connectivity index (χ3n) is 4.54. The molecule has 0 N–H and O–H groups in total. The number of benzene rings is 1. The summed E-state index contributed by atoms with van der Waals surface area (Å²) in [7, 11) is 0. The zero-order valence-corrected chi connectivity index (χ0v) is 13.0. The van der Waals surface area contributed by atoms with Crippen LogP contribution >= 0.6 is 0 Å². The Hall–Kier alpha value is -1.81. The number of likely N-dealkylation sites (tertiary alicyclic amines) is 1. The van der Waals surface area contributed by atoms with Crippen LogP contribution in [0.2, 0.25) is 0 Å². The molecule has 4 heteroatoms. The number of nitrogens with zero attached hydrogens (tertiary/aromatic N) is 2. The maximum absolute atomic E-state index is 6.28. The maximum Gasteiger partial charge on any atom is 0.171 e. The van der Waals surface area contributed by atoms with Gasteiger partial charge in [0.1, 0.15) is 12.7 Å². The normalized spacial score (nSPS) is 22.0. The van der Waals surface area contributed by atoms with Gasteiger partial charge < -0.3 is 9.47 Å². The number of hydrogen-bond donors (Lipinski definition) is 0. The molecule has 116 valence electrons. The summed E-state index contributed by atoms with van der Waals surface area (Å²) in [6.07, 6.45) is 4.07. The Bertz CT molecular complexity index is 680. The van der Waals surface area contributed by atoms with Crippen molar-refractivity contribution in [3.05, 3.63) is 30.0 Å². The van der Waals surface area contributed by atoms with Crippen LogP contribution in [0.15, 0.2) is 24.3 Å². The predicted octanol–water partition coefficient (Wildman–Crippen LogP) is 3.17. The first-order valence-corrected chi connectivity index (χ1v) is 8.22. The molecule has 0 bridgehead atoms. The van der Waals surface area contributed by atoms with Gasteiger partial charge in [0, 0.05) is 17.6 Å². The zero-order valence-electron chi connectivity index (χ0n) is 13.0. The highest BCUT2D eigenvalue weighted by molar-refractivity contribution is 5.88. The molecule has 1 atom stereocenters. The molecular weight excluding hydrogens is 276 g/mol. The van der Waals surface area contributed by atoms with Gasteiger partial charge >= 0.3 is 0 Å². The van der Waals surface area contributed by atoms with Gasteiger partial charge in [0.05, 0.1) is 5.52 Å². The Balaban J connectivity index is 1.58. The smallest absolute Gasteiger partial charge is 0.171 e. The molecule has 0 radical (unpaired) electrons. The van der Waals surface area contributed by atoms with Crippen LogP contribution in [0.25, 0.3) is 10.9 Å². The molecule has 1 aromatic heterocycles. The van der Waals surface area contributed by atoms with Crippen molar-refractivity contribution in [3.63, 3.8) is 0 Å². The highest BCUT2D eigenvalue weighted by Gasteiger charge is 2.25. The minimum Gasteiger partial charge on any atom is -0.486 e. The van der Waals surface area contributed by atoms with Crippen molar-refractivity contribution in [1.29, 1.82) is 0 Å². The van der Waals surface area contributed by atoms with Gasteiger partial charge in [0.15, 0.2) is 11.5 Å². The first kappa shape index (κ1) is 13.8. The van der Waals surface area contributed by atoms with E-state index in [2.05, 4.69) is 16.0 Å². The van der Waals surface area contributed by atoms with E-state index in [1.807, 2.05) is 25.1 Å². The molecule has 4 rings (SSSR count). The number of aromatic nitrogens is 1. The molecule has 3 heterocycles. The molecule has 0 spiro atoms. The van der Waals surface area contributed by atoms with E-state index in [0.717, 1.165) is 34.6 Å². The molecule has 0 saturated carbocycles. The Kier molecular flexibility index (Phi) is 3.62. The van der Waals surface area contributed by atoms with Gasteiger partial charge in [-0.05, 0) is 57.1 Å². The van der Waals surface area contributed by atoms with Crippen LogP contribution in [0.5, 0.6) is 11.5 Å². The van der Waals surface area contributed by atoms with E-state index >= 15 is 0 Å². The second-order valence-corrected chi connectivity index (χ2v) is 6.32. The average molecular weight is 298 g/mol. The Morgan fingerprint density at radius 2 is 2.00 bits per heavy atom. The van der Waals surface area contributed by atoms with Gasteiger partial charge in [0.2, 0.25) is 0 Å². The molecule has 2 aliphatic heterocycles. The van der Waals surface area contributed by atoms with Crippen molar-refractivity contribution >= 4 is 10.9 Å². The lowest BCUT2D eigenvalue weighted by Gasteiger charge is -2.33. The summed E-state index contributed by atoms with van der Waals surface area (Å²) >= 11 is 0. The predicted molar refractivity (Wildman–Crippen MR) is 86.7 cm³/mol. The number of piperidine rings is 1. The fourth-order valence-corrected chi connectivity index (χ4v) is 3.40. The Morgan fingerprint density at radius 1 is 1.14 bits per heavy atom. The second kappa shape index (κ2) is 5.76. The van der Waals surface area contributed by atoms with Gasteiger partial charge in [-0.25, -0.2) is 0 Å². The monoisotopic (exact) mass is 298 g/mol. The van der Waals surface area contributed by atoms with Gasteiger partial charge in [-0.1, -0.05) is 6.42 Å². The van der Waals surface area contributed by atoms with Crippen LogP contribution in [0, 0.1) is 6.92 Å². The molecule has 1 fully saturated rings. The molecule has 2 aliphatic rings. The first-order chi connectivity index (χ1) is 10.8. The summed E-state index contributed by atoms with van der Waals surface area (Å²) in [6, 6.07) is 8.10. The number of aryl methyl sites for hydroxylation is 1. The molecule has 1 aromatic carbocycles. The van der Waals surface area contributed by atoms with E-state index in [1.54, 1.807) is 0 Å². The van der Waals surface area contributed by atoms with Crippen molar-refractivity contribution in [2.45, 2.75) is 32.3 Å². The van der Waals surface area contributed by atoms with Crippen LogP contribution in [0.1, 0.15) is 25.0 Å². The molecule has 0 aliphatic carbocycles. The number of rotatable bonds is 2. The van der Waals surface area contributed by atoms with E-state index in [4.69, 9.17) is 9.47 Å². The molecule has 22 heavy (non-hydrogen) atoms. The fourth-order valence-electron chi connectivity index (χ4n) is 3.40. The first-order valence-electron chi connectivity index (χ1n) is 8.22. The van der Waals surface area contributed by atoms with Crippen molar-refractivity contribution < 1.29 is 9.47 Å².